The Balaban J connectivity index is 2.08. The minimum Gasteiger partial charge on any atom is -0.487 e. The fraction of sp³-hybridized carbons (Fsp3) is 0.417. The van der Waals surface area contributed by atoms with Crippen molar-refractivity contribution in [3.8, 4) is 17.6 Å². The normalized spacial score (nSPS) is 21.5. The van der Waals surface area contributed by atoms with Gasteiger partial charge in [0, 0.05) is 36.2 Å². The van der Waals surface area contributed by atoms with E-state index in [9.17, 15) is 17.9 Å². The summed E-state index contributed by atoms with van der Waals surface area (Å²) in [4.78, 5) is 2.04. The smallest absolute Gasteiger partial charge is 0.247 e. The van der Waals surface area contributed by atoms with Crippen LogP contribution in [0.4, 0.5) is 4.39 Å². The molecule has 0 saturated carbocycles. The van der Waals surface area contributed by atoms with Crippen LogP contribution in [0.25, 0.3) is 0 Å². The third-order valence-electron chi connectivity index (χ3n) is 5.39. The molecule has 2 aromatic carbocycles. The van der Waals surface area contributed by atoms with Crippen LogP contribution in [0.5, 0.6) is 5.75 Å². The minimum absolute atomic E-state index is 0.0461. The van der Waals surface area contributed by atoms with Gasteiger partial charge in [0.25, 0.3) is 0 Å². The zero-order valence-corrected chi connectivity index (χ0v) is 19.6. The highest BCUT2D eigenvalue weighted by atomic mass is 32.2. The Bertz CT molecular complexity index is 1120. The molecule has 0 saturated heterocycles. The standard InChI is InChI=1S/C24H29FN2O4S/c1-17-14-27(18(2)16-28)32(29,30)24-11-10-20(9-8-19-6-5-7-21(25)12-19)13-22(24)31-23(17)15-26(3)4/h5-7,10-13,17-18,23,28H,14-16H2,1-4H3/t17-,18+,23-/m0/s1. The van der Waals surface area contributed by atoms with Crippen LogP contribution in [-0.4, -0.2) is 68.7 Å². The molecule has 3 atom stereocenters. The van der Waals surface area contributed by atoms with Crippen LogP contribution in [-0.2, 0) is 10.0 Å². The molecule has 0 unspecified atom stereocenters. The number of ether oxygens (including phenoxy) is 1. The Hall–Kier alpha value is -2.44. The van der Waals surface area contributed by atoms with Gasteiger partial charge in [0.2, 0.25) is 10.0 Å². The molecule has 0 spiro atoms. The monoisotopic (exact) mass is 460 g/mol. The minimum atomic E-state index is -3.89. The maximum absolute atomic E-state index is 13.4. The Morgan fingerprint density at radius 3 is 2.53 bits per heavy atom. The van der Waals surface area contributed by atoms with Crippen molar-refractivity contribution in [1.29, 1.82) is 0 Å². The maximum atomic E-state index is 13.4. The summed E-state index contributed by atoms with van der Waals surface area (Å²) in [5, 5.41) is 9.68. The van der Waals surface area contributed by atoms with Gasteiger partial charge >= 0.3 is 0 Å². The van der Waals surface area contributed by atoms with Gasteiger partial charge in [-0.05, 0) is 57.4 Å². The third kappa shape index (κ3) is 5.48. The zero-order valence-electron chi connectivity index (χ0n) is 18.7. The van der Waals surface area contributed by atoms with Crippen molar-refractivity contribution in [2.45, 2.75) is 30.9 Å². The highest BCUT2D eigenvalue weighted by Gasteiger charge is 2.37. The summed E-state index contributed by atoms with van der Waals surface area (Å²) in [6, 6.07) is 10.1. The van der Waals surface area contributed by atoms with Gasteiger partial charge in [-0.15, -0.1) is 0 Å². The lowest BCUT2D eigenvalue weighted by Gasteiger charge is -2.37. The van der Waals surface area contributed by atoms with Crippen molar-refractivity contribution in [3.05, 3.63) is 59.4 Å². The first-order chi connectivity index (χ1) is 15.1. The topological polar surface area (TPSA) is 70.1 Å². The molecule has 1 aliphatic rings. The first kappa shape index (κ1) is 24.2. The lowest BCUT2D eigenvalue weighted by atomic mass is 10.0. The van der Waals surface area contributed by atoms with E-state index in [1.165, 1.54) is 22.5 Å². The molecule has 32 heavy (non-hydrogen) atoms. The van der Waals surface area contributed by atoms with Gasteiger partial charge in [0.05, 0.1) is 6.61 Å². The Labute approximate surface area is 189 Å². The molecular formula is C24H29FN2O4S. The summed E-state index contributed by atoms with van der Waals surface area (Å²) >= 11 is 0. The lowest BCUT2D eigenvalue weighted by Crippen LogP contribution is -2.49. The summed E-state index contributed by atoms with van der Waals surface area (Å²) < 4.78 is 47.9. The second kappa shape index (κ2) is 10.0. The summed E-state index contributed by atoms with van der Waals surface area (Å²) in [6.45, 7) is 4.19. The van der Waals surface area contributed by atoms with Crippen molar-refractivity contribution < 1.29 is 22.7 Å². The van der Waals surface area contributed by atoms with Gasteiger partial charge in [0.15, 0.2) is 0 Å². The summed E-state index contributed by atoms with van der Waals surface area (Å²) in [5.74, 6) is 5.60. The first-order valence-corrected chi connectivity index (χ1v) is 11.9. The van der Waals surface area contributed by atoms with Crippen LogP contribution < -0.4 is 4.74 Å². The van der Waals surface area contributed by atoms with Gasteiger partial charge in [-0.1, -0.05) is 24.8 Å². The van der Waals surface area contributed by atoms with Gasteiger partial charge in [-0.2, -0.15) is 4.31 Å². The van der Waals surface area contributed by atoms with E-state index in [-0.39, 0.29) is 41.6 Å². The number of aliphatic hydroxyl groups is 1. The van der Waals surface area contributed by atoms with E-state index in [0.717, 1.165) is 0 Å². The number of fused-ring (bicyclic) bond motifs is 1. The molecule has 0 aromatic heterocycles. The van der Waals surface area contributed by atoms with Crippen molar-refractivity contribution in [3.63, 3.8) is 0 Å². The molecule has 1 heterocycles. The van der Waals surface area contributed by atoms with E-state index < -0.39 is 16.1 Å². The van der Waals surface area contributed by atoms with Crippen LogP contribution in [0.3, 0.4) is 0 Å². The van der Waals surface area contributed by atoms with Crippen molar-refractivity contribution in [1.82, 2.24) is 9.21 Å². The van der Waals surface area contributed by atoms with Gasteiger partial charge in [-0.25, -0.2) is 12.8 Å². The third-order valence-corrected chi connectivity index (χ3v) is 7.41. The van der Waals surface area contributed by atoms with Crippen LogP contribution in [0.1, 0.15) is 25.0 Å². The maximum Gasteiger partial charge on any atom is 0.247 e. The molecule has 0 fully saturated rings. The highest BCUT2D eigenvalue weighted by molar-refractivity contribution is 7.89. The van der Waals surface area contributed by atoms with Gasteiger partial charge < -0.3 is 14.7 Å². The molecule has 6 nitrogen and oxygen atoms in total. The second-order valence-electron chi connectivity index (χ2n) is 8.42. The number of hydrogen-bond donors (Lipinski definition) is 1. The molecule has 1 N–H and O–H groups in total. The quantitative estimate of drug-likeness (QED) is 0.711. The Morgan fingerprint density at radius 2 is 1.91 bits per heavy atom. The van der Waals surface area contributed by atoms with Gasteiger partial charge in [-0.3, -0.25) is 0 Å². The van der Waals surface area contributed by atoms with Crippen LogP contribution in [0.2, 0.25) is 0 Å². The van der Waals surface area contributed by atoms with E-state index >= 15 is 0 Å². The molecule has 8 heteroatoms. The molecular weight excluding hydrogens is 431 g/mol. The van der Waals surface area contributed by atoms with Crippen molar-refractivity contribution >= 4 is 10.0 Å². The molecule has 2 aromatic rings. The number of hydrogen-bond acceptors (Lipinski definition) is 5. The average Bonchev–Trinajstić information content (AvgIpc) is 2.74. The molecule has 0 aliphatic carbocycles. The predicted molar refractivity (Wildman–Crippen MR) is 121 cm³/mol. The Morgan fingerprint density at radius 1 is 1.22 bits per heavy atom. The zero-order chi connectivity index (χ0) is 23.5. The number of sulfonamides is 1. The number of aliphatic hydroxyl groups excluding tert-OH is 1. The van der Waals surface area contributed by atoms with Crippen molar-refractivity contribution in [2.24, 2.45) is 5.92 Å². The first-order valence-electron chi connectivity index (χ1n) is 10.5. The summed E-state index contributed by atoms with van der Waals surface area (Å²) in [6.07, 6.45) is -0.265. The summed E-state index contributed by atoms with van der Waals surface area (Å²) in [5.41, 5.74) is 1.08. The summed E-state index contributed by atoms with van der Waals surface area (Å²) in [7, 11) is -0.0272. The fourth-order valence-electron chi connectivity index (χ4n) is 3.59. The molecule has 0 radical (unpaired) electrons. The van der Waals surface area contributed by atoms with Crippen molar-refractivity contribution in [2.75, 3.05) is 33.8 Å². The van der Waals surface area contributed by atoms with Crippen LogP contribution in [0.15, 0.2) is 47.4 Å². The van der Waals surface area contributed by atoms with E-state index in [4.69, 9.17) is 4.74 Å². The Kier molecular flexibility index (Phi) is 7.57. The molecule has 3 rings (SSSR count). The van der Waals surface area contributed by atoms with Gasteiger partial charge in [0.1, 0.15) is 22.6 Å². The number of benzene rings is 2. The van der Waals surface area contributed by atoms with Crippen LogP contribution in [0, 0.1) is 23.6 Å². The van der Waals surface area contributed by atoms with E-state index in [1.807, 2.05) is 25.9 Å². The second-order valence-corrected chi connectivity index (χ2v) is 10.3. The number of halogens is 1. The largest absolute Gasteiger partial charge is 0.487 e. The van der Waals surface area contributed by atoms with E-state index in [2.05, 4.69) is 11.8 Å². The molecule has 172 valence electrons. The predicted octanol–water partition coefficient (Wildman–Crippen LogP) is 2.56. The van der Waals surface area contributed by atoms with E-state index in [0.29, 0.717) is 17.7 Å². The number of rotatable bonds is 4. The molecule has 1 aliphatic heterocycles. The molecule has 0 bridgehead atoms. The number of likely N-dealkylation sites (N-methyl/N-ethyl adjacent to an activating group) is 1. The number of nitrogens with zero attached hydrogens (tertiary/aromatic N) is 2. The molecule has 0 amide bonds. The van der Waals surface area contributed by atoms with E-state index in [1.54, 1.807) is 31.2 Å². The lowest BCUT2D eigenvalue weighted by molar-refractivity contribution is 0.0812. The average molecular weight is 461 g/mol. The highest BCUT2D eigenvalue weighted by Crippen LogP contribution is 2.34. The fourth-order valence-corrected chi connectivity index (χ4v) is 5.42. The SMILES string of the molecule is C[C@H](CO)N1C[C@H](C)[C@H](CN(C)C)Oc2cc(C#Cc3cccc(F)c3)ccc2S1(=O)=O. The van der Waals surface area contributed by atoms with Crippen LogP contribution >= 0.6 is 0 Å².